The molecule has 62 valence electrons. The molecule has 1 atom stereocenters. The summed E-state index contributed by atoms with van der Waals surface area (Å²) in [5.41, 5.74) is 6.89. The van der Waals surface area contributed by atoms with Gasteiger partial charge in [0.05, 0.1) is 6.07 Å². The van der Waals surface area contributed by atoms with Crippen molar-refractivity contribution in [3.63, 3.8) is 0 Å². The molecule has 0 aliphatic rings. The van der Waals surface area contributed by atoms with Crippen molar-refractivity contribution in [1.82, 2.24) is 0 Å². The van der Waals surface area contributed by atoms with Crippen LogP contribution < -0.4 is 5.73 Å². The van der Waals surface area contributed by atoms with Crippen molar-refractivity contribution in [2.75, 3.05) is 0 Å². The largest absolute Gasteiger partial charge is 0.310 e. The lowest BCUT2D eigenvalue weighted by Gasteiger charge is -2.15. The monoisotopic (exact) mass is 160 g/mol. The lowest BCUT2D eigenvalue weighted by Crippen LogP contribution is -2.30. The highest BCUT2D eigenvalue weighted by atomic mass is 14.7. The van der Waals surface area contributed by atoms with Crippen LogP contribution in [-0.2, 0) is 5.54 Å². The highest BCUT2D eigenvalue weighted by molar-refractivity contribution is 5.31. The molecule has 2 nitrogen and oxygen atoms in total. The summed E-state index contributed by atoms with van der Waals surface area (Å²) in [7, 11) is 0. The minimum Gasteiger partial charge on any atom is -0.310 e. The van der Waals surface area contributed by atoms with Crippen LogP contribution in [-0.4, -0.2) is 0 Å². The van der Waals surface area contributed by atoms with Crippen LogP contribution in [0.1, 0.15) is 18.1 Å². The quantitative estimate of drug-likeness (QED) is 0.679. The Morgan fingerprint density at radius 2 is 1.83 bits per heavy atom. The molecule has 0 radical (unpaired) electrons. The molecule has 1 aromatic rings. The molecular formula is C10H12N2. The Morgan fingerprint density at radius 3 is 2.25 bits per heavy atom. The standard InChI is InChI=1S/C10H12N2/c1-8-3-5-9(6-4-8)10(2,12)7-11/h3-6H,12H2,1-2H3. The average Bonchev–Trinajstić information content (AvgIpc) is 2.05. The van der Waals surface area contributed by atoms with Crippen LogP contribution in [0.3, 0.4) is 0 Å². The fraction of sp³-hybridized carbons (Fsp3) is 0.300. The molecule has 0 heterocycles. The van der Waals surface area contributed by atoms with Crippen LogP contribution >= 0.6 is 0 Å². The minimum absolute atomic E-state index is 0.857. The van der Waals surface area contributed by atoms with Gasteiger partial charge in [-0.25, -0.2) is 0 Å². The zero-order chi connectivity index (χ0) is 9.19. The zero-order valence-electron chi connectivity index (χ0n) is 7.33. The van der Waals surface area contributed by atoms with E-state index >= 15 is 0 Å². The molecule has 0 saturated carbocycles. The predicted octanol–water partition coefficient (Wildman–Crippen LogP) is 1.69. The van der Waals surface area contributed by atoms with Crippen LogP contribution in [0.25, 0.3) is 0 Å². The lowest BCUT2D eigenvalue weighted by molar-refractivity contribution is 0.646. The van der Waals surface area contributed by atoms with Crippen molar-refractivity contribution >= 4 is 0 Å². The number of hydrogen-bond acceptors (Lipinski definition) is 2. The third-order valence-electron chi connectivity index (χ3n) is 1.88. The number of nitrogens with two attached hydrogens (primary N) is 1. The van der Waals surface area contributed by atoms with E-state index in [1.165, 1.54) is 5.56 Å². The molecule has 0 spiro atoms. The molecule has 1 rings (SSSR count). The minimum atomic E-state index is -0.867. The first kappa shape index (κ1) is 8.76. The van der Waals surface area contributed by atoms with Crippen LogP contribution in [0.4, 0.5) is 0 Å². The van der Waals surface area contributed by atoms with Gasteiger partial charge in [0.1, 0.15) is 5.54 Å². The second-order valence-electron chi connectivity index (χ2n) is 3.18. The van der Waals surface area contributed by atoms with Crippen LogP contribution in [0, 0.1) is 18.3 Å². The number of benzene rings is 1. The molecule has 0 saturated heterocycles. The zero-order valence-corrected chi connectivity index (χ0v) is 7.33. The van der Waals surface area contributed by atoms with Crippen LogP contribution in [0.2, 0.25) is 0 Å². The Hall–Kier alpha value is -1.33. The summed E-state index contributed by atoms with van der Waals surface area (Å²) in [5.74, 6) is 0. The summed E-state index contributed by atoms with van der Waals surface area (Å²) < 4.78 is 0. The highest BCUT2D eigenvalue weighted by Crippen LogP contribution is 2.16. The Labute approximate surface area is 72.6 Å². The van der Waals surface area contributed by atoms with Crippen molar-refractivity contribution in [3.8, 4) is 6.07 Å². The molecule has 0 aliphatic heterocycles. The van der Waals surface area contributed by atoms with Crippen molar-refractivity contribution in [2.24, 2.45) is 5.73 Å². The van der Waals surface area contributed by atoms with E-state index in [-0.39, 0.29) is 0 Å². The van der Waals surface area contributed by atoms with E-state index < -0.39 is 5.54 Å². The molecule has 2 N–H and O–H groups in total. The summed E-state index contributed by atoms with van der Waals surface area (Å²) in [6.07, 6.45) is 0. The summed E-state index contributed by atoms with van der Waals surface area (Å²) >= 11 is 0. The maximum absolute atomic E-state index is 8.74. The van der Waals surface area contributed by atoms with E-state index in [4.69, 9.17) is 11.0 Å². The van der Waals surface area contributed by atoms with Gasteiger partial charge in [-0.3, -0.25) is 0 Å². The van der Waals surface area contributed by atoms with Gasteiger partial charge in [-0.15, -0.1) is 0 Å². The van der Waals surface area contributed by atoms with Gasteiger partial charge in [0.15, 0.2) is 0 Å². The predicted molar refractivity (Wildman–Crippen MR) is 48.3 cm³/mol. The van der Waals surface area contributed by atoms with E-state index in [0.717, 1.165) is 5.56 Å². The van der Waals surface area contributed by atoms with Crippen LogP contribution in [0.5, 0.6) is 0 Å². The number of hydrogen-bond donors (Lipinski definition) is 1. The van der Waals surface area contributed by atoms with Gasteiger partial charge < -0.3 is 5.73 Å². The van der Waals surface area contributed by atoms with Gasteiger partial charge >= 0.3 is 0 Å². The van der Waals surface area contributed by atoms with Crippen molar-refractivity contribution in [1.29, 1.82) is 5.26 Å². The first-order chi connectivity index (χ1) is 5.56. The topological polar surface area (TPSA) is 49.8 Å². The van der Waals surface area contributed by atoms with Gasteiger partial charge in [-0.05, 0) is 19.4 Å². The van der Waals surface area contributed by atoms with Gasteiger partial charge in [-0.2, -0.15) is 5.26 Å². The molecular weight excluding hydrogens is 148 g/mol. The van der Waals surface area contributed by atoms with Gasteiger partial charge in [0, 0.05) is 0 Å². The lowest BCUT2D eigenvalue weighted by atomic mass is 9.94. The van der Waals surface area contributed by atoms with E-state index in [1.54, 1.807) is 6.92 Å². The third-order valence-corrected chi connectivity index (χ3v) is 1.88. The molecule has 12 heavy (non-hydrogen) atoms. The van der Waals surface area contributed by atoms with Crippen molar-refractivity contribution in [2.45, 2.75) is 19.4 Å². The Kier molecular flexibility index (Phi) is 2.16. The number of aryl methyl sites for hydroxylation is 1. The van der Waals surface area contributed by atoms with Gasteiger partial charge in [0.2, 0.25) is 0 Å². The SMILES string of the molecule is Cc1ccc(C(C)(N)C#N)cc1. The van der Waals surface area contributed by atoms with Crippen molar-refractivity contribution < 1.29 is 0 Å². The van der Waals surface area contributed by atoms with E-state index in [2.05, 4.69) is 6.07 Å². The van der Waals surface area contributed by atoms with Crippen LogP contribution in [0.15, 0.2) is 24.3 Å². The molecule has 0 aliphatic carbocycles. The van der Waals surface area contributed by atoms with Gasteiger partial charge in [-0.1, -0.05) is 29.8 Å². The van der Waals surface area contributed by atoms with E-state index in [0.29, 0.717) is 0 Å². The van der Waals surface area contributed by atoms with Crippen molar-refractivity contribution in [3.05, 3.63) is 35.4 Å². The summed E-state index contributed by atoms with van der Waals surface area (Å²) in [6, 6.07) is 9.74. The summed E-state index contributed by atoms with van der Waals surface area (Å²) in [5, 5.41) is 8.74. The first-order valence-corrected chi connectivity index (χ1v) is 3.83. The smallest absolute Gasteiger partial charge is 0.126 e. The molecule has 1 unspecified atom stereocenters. The summed E-state index contributed by atoms with van der Waals surface area (Å²) in [4.78, 5) is 0. The Balaban J connectivity index is 3.07. The average molecular weight is 160 g/mol. The molecule has 0 amide bonds. The molecule has 0 aromatic heterocycles. The normalized spacial score (nSPS) is 14.8. The van der Waals surface area contributed by atoms with Gasteiger partial charge in [0.25, 0.3) is 0 Å². The first-order valence-electron chi connectivity index (χ1n) is 3.83. The number of nitrogens with zero attached hydrogens (tertiary/aromatic N) is 1. The maximum Gasteiger partial charge on any atom is 0.126 e. The second kappa shape index (κ2) is 2.96. The third kappa shape index (κ3) is 1.63. The fourth-order valence-electron chi connectivity index (χ4n) is 0.964. The number of rotatable bonds is 1. The molecule has 0 fully saturated rings. The molecule has 1 aromatic carbocycles. The number of nitriles is 1. The Bertz CT molecular complexity index is 304. The Morgan fingerprint density at radius 1 is 1.33 bits per heavy atom. The van der Waals surface area contributed by atoms with E-state index in [1.807, 2.05) is 31.2 Å². The molecule has 2 heteroatoms. The molecule has 0 bridgehead atoms. The summed E-state index contributed by atoms with van der Waals surface area (Å²) in [6.45, 7) is 3.71. The maximum atomic E-state index is 8.74. The van der Waals surface area contributed by atoms with E-state index in [9.17, 15) is 0 Å². The highest BCUT2D eigenvalue weighted by Gasteiger charge is 2.19. The fourth-order valence-corrected chi connectivity index (χ4v) is 0.964. The second-order valence-corrected chi connectivity index (χ2v) is 3.18.